The number of fused-ring (bicyclic) bond motifs is 1. The Bertz CT molecular complexity index is 1230. The Morgan fingerprint density at radius 2 is 1.96 bits per heavy atom. The van der Waals surface area contributed by atoms with Crippen molar-refractivity contribution in [2.24, 2.45) is 7.05 Å². The predicted molar refractivity (Wildman–Crippen MR) is 99.1 cm³/mol. The second-order valence-electron chi connectivity index (χ2n) is 6.19. The highest BCUT2D eigenvalue weighted by molar-refractivity contribution is 6.03. The molecule has 4 rings (SSSR count). The molecule has 0 atom stereocenters. The van der Waals surface area contributed by atoms with Crippen LogP contribution in [-0.4, -0.2) is 46.3 Å². The highest BCUT2D eigenvalue weighted by atomic mass is 16.4. The first-order valence-electron chi connectivity index (χ1n) is 8.27. The molecule has 2 N–H and O–H groups in total. The number of carbonyl (C=O) groups excluding carboxylic acids is 1. The minimum Gasteiger partial charge on any atom is -0.478 e. The number of carbonyl (C=O) groups is 2. The van der Waals surface area contributed by atoms with Gasteiger partial charge >= 0.3 is 5.97 Å². The molecule has 0 fully saturated rings. The van der Waals surface area contributed by atoms with Crippen LogP contribution in [0.2, 0.25) is 0 Å². The molecule has 10 nitrogen and oxygen atoms in total. The lowest BCUT2D eigenvalue weighted by molar-refractivity contribution is 0.0696. The first-order chi connectivity index (χ1) is 13.4. The summed E-state index contributed by atoms with van der Waals surface area (Å²) in [5.74, 6) is -1.57. The zero-order chi connectivity index (χ0) is 19.8. The van der Waals surface area contributed by atoms with Gasteiger partial charge in [-0.25, -0.2) is 4.79 Å². The predicted octanol–water partition coefficient (Wildman–Crippen LogP) is 1.78. The van der Waals surface area contributed by atoms with Gasteiger partial charge in [0.05, 0.1) is 23.1 Å². The Labute approximate surface area is 158 Å². The van der Waals surface area contributed by atoms with Crippen molar-refractivity contribution >= 4 is 23.2 Å². The molecule has 0 aromatic carbocycles. The third-order valence-electron chi connectivity index (χ3n) is 4.23. The summed E-state index contributed by atoms with van der Waals surface area (Å²) in [5.41, 5.74) is 3.09. The lowest BCUT2D eigenvalue weighted by Gasteiger charge is -2.08. The minimum atomic E-state index is -1.13. The van der Waals surface area contributed by atoms with Crippen LogP contribution < -0.4 is 5.32 Å². The Balaban J connectivity index is 1.65. The van der Waals surface area contributed by atoms with Gasteiger partial charge in [-0.05, 0) is 30.7 Å². The quantitative estimate of drug-likeness (QED) is 0.555. The van der Waals surface area contributed by atoms with Gasteiger partial charge in [0.15, 0.2) is 5.65 Å². The van der Waals surface area contributed by atoms with E-state index < -0.39 is 11.9 Å². The van der Waals surface area contributed by atoms with Crippen molar-refractivity contribution in [3.8, 4) is 11.1 Å². The molecule has 10 heteroatoms. The summed E-state index contributed by atoms with van der Waals surface area (Å²) in [6.07, 6.45) is 6.55. The summed E-state index contributed by atoms with van der Waals surface area (Å²) in [7, 11) is 1.83. The number of rotatable bonds is 4. The fourth-order valence-corrected chi connectivity index (χ4v) is 2.75. The lowest BCUT2D eigenvalue weighted by Crippen LogP contribution is -2.17. The highest BCUT2D eigenvalue weighted by Gasteiger charge is 2.17. The standard InChI is InChI=1S/C18H15N7O3/c1-10-14(5-12(7-19-10)18(27)28)21-17(26)16-23-22-15-6-11(3-4-25(15)16)13-8-20-24(2)9-13/h3-9H,1-2H3,(H,21,26)(H,27,28). The van der Waals surface area contributed by atoms with E-state index in [4.69, 9.17) is 5.11 Å². The van der Waals surface area contributed by atoms with Gasteiger partial charge < -0.3 is 10.4 Å². The molecule has 140 valence electrons. The van der Waals surface area contributed by atoms with Gasteiger partial charge in [-0.3, -0.25) is 18.9 Å². The second-order valence-corrected chi connectivity index (χ2v) is 6.19. The molecule has 0 aliphatic rings. The van der Waals surface area contributed by atoms with Crippen LogP contribution in [0.1, 0.15) is 26.7 Å². The summed E-state index contributed by atoms with van der Waals surface area (Å²) in [6.45, 7) is 1.67. The molecule has 0 saturated carbocycles. The smallest absolute Gasteiger partial charge is 0.337 e. The third kappa shape index (κ3) is 3.07. The summed E-state index contributed by atoms with van der Waals surface area (Å²) in [4.78, 5) is 27.8. The molecule has 4 heterocycles. The molecule has 28 heavy (non-hydrogen) atoms. The number of amides is 1. The van der Waals surface area contributed by atoms with Crippen LogP contribution in [0.25, 0.3) is 16.8 Å². The molecule has 4 aromatic heterocycles. The van der Waals surface area contributed by atoms with Gasteiger partial charge in [-0.15, -0.1) is 10.2 Å². The van der Waals surface area contributed by atoms with Crippen LogP contribution in [0.3, 0.4) is 0 Å². The fourth-order valence-electron chi connectivity index (χ4n) is 2.75. The summed E-state index contributed by atoms with van der Waals surface area (Å²) in [5, 5.41) is 23.9. The van der Waals surface area contributed by atoms with E-state index in [-0.39, 0.29) is 11.4 Å². The highest BCUT2D eigenvalue weighted by Crippen LogP contribution is 2.21. The number of carboxylic acids is 1. The van der Waals surface area contributed by atoms with Crippen LogP contribution in [0.4, 0.5) is 5.69 Å². The number of aromatic nitrogens is 6. The van der Waals surface area contributed by atoms with E-state index in [1.165, 1.54) is 12.3 Å². The van der Waals surface area contributed by atoms with E-state index in [0.717, 1.165) is 11.1 Å². The third-order valence-corrected chi connectivity index (χ3v) is 4.23. The Morgan fingerprint density at radius 1 is 1.14 bits per heavy atom. The van der Waals surface area contributed by atoms with Crippen molar-refractivity contribution in [2.45, 2.75) is 6.92 Å². The Kier molecular flexibility index (Phi) is 4.07. The molecule has 4 aromatic rings. The summed E-state index contributed by atoms with van der Waals surface area (Å²) in [6, 6.07) is 4.99. The maximum atomic E-state index is 12.7. The van der Waals surface area contributed by atoms with Crippen LogP contribution in [0, 0.1) is 6.92 Å². The average Bonchev–Trinajstić information content (AvgIpc) is 3.28. The topological polar surface area (TPSA) is 127 Å². The molecule has 0 bridgehead atoms. The van der Waals surface area contributed by atoms with Gasteiger partial charge in [-0.1, -0.05) is 0 Å². The number of nitrogens with zero attached hydrogens (tertiary/aromatic N) is 6. The second kappa shape index (κ2) is 6.58. The molecule has 0 unspecified atom stereocenters. The summed E-state index contributed by atoms with van der Waals surface area (Å²) >= 11 is 0. The zero-order valence-corrected chi connectivity index (χ0v) is 15.0. The monoisotopic (exact) mass is 377 g/mol. The molecule has 1 amide bonds. The van der Waals surface area contributed by atoms with E-state index in [0.29, 0.717) is 17.0 Å². The Morgan fingerprint density at radius 3 is 2.68 bits per heavy atom. The molecule has 0 saturated heterocycles. The van der Waals surface area contributed by atoms with Crippen molar-refractivity contribution in [2.75, 3.05) is 5.32 Å². The maximum absolute atomic E-state index is 12.7. The molecular weight excluding hydrogens is 362 g/mol. The molecule has 0 aliphatic heterocycles. The molecule has 0 spiro atoms. The fraction of sp³-hybridized carbons (Fsp3) is 0.111. The maximum Gasteiger partial charge on any atom is 0.337 e. The number of pyridine rings is 2. The van der Waals surface area contributed by atoms with Crippen LogP contribution >= 0.6 is 0 Å². The zero-order valence-electron chi connectivity index (χ0n) is 15.0. The number of aromatic carboxylic acids is 1. The van der Waals surface area contributed by atoms with Crippen molar-refractivity contribution < 1.29 is 14.7 Å². The molecular formula is C18H15N7O3. The van der Waals surface area contributed by atoms with Crippen molar-refractivity contribution in [1.82, 2.24) is 29.4 Å². The van der Waals surface area contributed by atoms with Gasteiger partial charge in [-0.2, -0.15) is 5.10 Å². The minimum absolute atomic E-state index is 0.0203. The van der Waals surface area contributed by atoms with E-state index in [9.17, 15) is 9.59 Å². The van der Waals surface area contributed by atoms with Gasteiger partial charge in [0.2, 0.25) is 5.82 Å². The number of carboxylic acid groups (broad SMARTS) is 1. The van der Waals surface area contributed by atoms with E-state index in [2.05, 4.69) is 25.6 Å². The SMILES string of the molecule is Cc1ncc(C(=O)O)cc1NC(=O)c1nnc2cc(-c3cnn(C)c3)ccn12. The van der Waals surface area contributed by atoms with Crippen LogP contribution in [0.5, 0.6) is 0 Å². The Hall–Kier alpha value is -4.08. The normalized spacial score (nSPS) is 10.9. The van der Waals surface area contributed by atoms with Gasteiger partial charge in [0, 0.05) is 31.2 Å². The summed E-state index contributed by atoms with van der Waals surface area (Å²) < 4.78 is 3.25. The first kappa shape index (κ1) is 17.3. The van der Waals surface area contributed by atoms with E-state index in [1.807, 2.05) is 19.3 Å². The van der Waals surface area contributed by atoms with E-state index in [1.54, 1.807) is 34.5 Å². The van der Waals surface area contributed by atoms with Gasteiger partial charge in [0.1, 0.15) is 0 Å². The number of aryl methyl sites for hydroxylation is 2. The van der Waals surface area contributed by atoms with Crippen LogP contribution in [-0.2, 0) is 7.05 Å². The first-order valence-corrected chi connectivity index (χ1v) is 8.27. The van der Waals surface area contributed by atoms with Crippen LogP contribution in [0.15, 0.2) is 43.0 Å². The average molecular weight is 377 g/mol. The van der Waals surface area contributed by atoms with Gasteiger partial charge in [0.25, 0.3) is 5.91 Å². The largest absolute Gasteiger partial charge is 0.478 e. The lowest BCUT2D eigenvalue weighted by atomic mass is 10.1. The number of nitrogens with one attached hydrogen (secondary N) is 1. The number of hydrogen-bond donors (Lipinski definition) is 2. The number of hydrogen-bond acceptors (Lipinski definition) is 6. The van der Waals surface area contributed by atoms with Crippen molar-refractivity contribution in [1.29, 1.82) is 0 Å². The van der Waals surface area contributed by atoms with E-state index >= 15 is 0 Å². The van der Waals surface area contributed by atoms with Crippen molar-refractivity contribution in [3.05, 3.63) is 60.1 Å². The molecule has 0 aliphatic carbocycles. The number of anilines is 1. The van der Waals surface area contributed by atoms with Crippen molar-refractivity contribution in [3.63, 3.8) is 0 Å². The molecule has 0 radical (unpaired) electrons.